The highest BCUT2D eigenvalue weighted by atomic mass is 19.4. The van der Waals surface area contributed by atoms with Crippen molar-refractivity contribution >= 4 is 5.97 Å². The molecule has 0 aliphatic heterocycles. The predicted molar refractivity (Wildman–Crippen MR) is 64.7 cm³/mol. The quantitative estimate of drug-likeness (QED) is 0.868. The van der Waals surface area contributed by atoms with E-state index in [0.717, 1.165) is 12.1 Å². The average molecular weight is 275 g/mol. The van der Waals surface area contributed by atoms with Gasteiger partial charge < -0.3 is 10.8 Å². The molecule has 1 rings (SSSR count). The molecule has 0 saturated heterocycles. The van der Waals surface area contributed by atoms with Crippen molar-refractivity contribution in [1.82, 2.24) is 0 Å². The number of nitrogens with two attached hydrogens (primary N) is 1. The molecule has 0 aliphatic rings. The molecular formula is C13H16F3NO2. The second-order valence-corrected chi connectivity index (χ2v) is 4.41. The van der Waals surface area contributed by atoms with E-state index < -0.39 is 23.8 Å². The van der Waals surface area contributed by atoms with E-state index in [9.17, 15) is 18.0 Å². The monoisotopic (exact) mass is 275 g/mol. The van der Waals surface area contributed by atoms with Gasteiger partial charge in [-0.3, -0.25) is 4.79 Å². The van der Waals surface area contributed by atoms with Crippen molar-refractivity contribution in [3.8, 4) is 0 Å². The number of halogens is 3. The van der Waals surface area contributed by atoms with Gasteiger partial charge in [-0.25, -0.2) is 0 Å². The molecule has 1 aromatic rings. The fraction of sp³-hybridized carbons (Fsp3) is 0.462. The van der Waals surface area contributed by atoms with Crippen LogP contribution in [0, 0.1) is 0 Å². The summed E-state index contributed by atoms with van der Waals surface area (Å²) in [6, 6.07) is 3.76. The minimum Gasteiger partial charge on any atom is -0.480 e. The van der Waals surface area contributed by atoms with E-state index in [1.807, 2.05) is 6.92 Å². The van der Waals surface area contributed by atoms with E-state index in [1.165, 1.54) is 12.1 Å². The number of aliphatic carboxylic acids is 1. The first-order chi connectivity index (χ1) is 8.75. The van der Waals surface area contributed by atoms with Crippen LogP contribution in [-0.4, -0.2) is 17.1 Å². The van der Waals surface area contributed by atoms with Gasteiger partial charge in [0, 0.05) is 0 Å². The molecule has 0 heterocycles. The van der Waals surface area contributed by atoms with Crippen LogP contribution in [0.5, 0.6) is 0 Å². The Morgan fingerprint density at radius 1 is 1.32 bits per heavy atom. The van der Waals surface area contributed by atoms with Gasteiger partial charge in [0.2, 0.25) is 0 Å². The zero-order valence-corrected chi connectivity index (χ0v) is 10.4. The Morgan fingerprint density at radius 2 is 1.84 bits per heavy atom. The second kappa shape index (κ2) is 6.06. The van der Waals surface area contributed by atoms with E-state index in [1.54, 1.807) is 0 Å². The third-order valence-electron chi connectivity index (χ3n) is 3.06. The molecule has 0 aliphatic carbocycles. The predicted octanol–water partition coefficient (Wildman–Crippen LogP) is 3.00. The number of carboxylic acid groups (broad SMARTS) is 1. The zero-order valence-electron chi connectivity index (χ0n) is 10.4. The van der Waals surface area contributed by atoms with Gasteiger partial charge in [0.1, 0.15) is 6.04 Å². The van der Waals surface area contributed by atoms with Gasteiger partial charge in [-0.1, -0.05) is 19.1 Å². The summed E-state index contributed by atoms with van der Waals surface area (Å²) in [4.78, 5) is 10.7. The summed E-state index contributed by atoms with van der Waals surface area (Å²) in [6.45, 7) is 1.84. The van der Waals surface area contributed by atoms with Gasteiger partial charge in [0.25, 0.3) is 0 Å². The van der Waals surface area contributed by atoms with Crippen LogP contribution < -0.4 is 5.73 Å². The van der Waals surface area contributed by atoms with E-state index in [4.69, 9.17) is 10.8 Å². The normalized spacial score (nSPS) is 15.0. The van der Waals surface area contributed by atoms with Crippen molar-refractivity contribution in [2.24, 2.45) is 5.73 Å². The molecule has 0 saturated carbocycles. The lowest BCUT2D eigenvalue weighted by atomic mass is 9.89. The van der Waals surface area contributed by atoms with Crippen LogP contribution in [-0.2, 0) is 11.0 Å². The molecule has 1 aromatic carbocycles. The lowest BCUT2D eigenvalue weighted by molar-refractivity contribution is -0.139. The van der Waals surface area contributed by atoms with Gasteiger partial charge in [-0.15, -0.1) is 0 Å². The largest absolute Gasteiger partial charge is 0.480 e. The maximum absolute atomic E-state index is 12.4. The van der Waals surface area contributed by atoms with E-state index in [0.29, 0.717) is 12.0 Å². The van der Waals surface area contributed by atoms with Crippen molar-refractivity contribution in [3.05, 3.63) is 35.4 Å². The van der Waals surface area contributed by atoms with Gasteiger partial charge >= 0.3 is 12.1 Å². The van der Waals surface area contributed by atoms with Gasteiger partial charge in [0.05, 0.1) is 5.56 Å². The van der Waals surface area contributed by atoms with Crippen LogP contribution in [0.4, 0.5) is 13.2 Å². The molecule has 6 heteroatoms. The SMILES string of the molecule is CCC(CC(N)C(=O)O)c1ccc(C(F)(F)F)cc1. The molecular weight excluding hydrogens is 259 g/mol. The number of carboxylic acids is 1. The Morgan fingerprint density at radius 3 is 2.21 bits per heavy atom. The van der Waals surface area contributed by atoms with Crippen molar-refractivity contribution in [1.29, 1.82) is 0 Å². The first-order valence-electron chi connectivity index (χ1n) is 5.91. The Bertz CT molecular complexity index is 429. The highest BCUT2D eigenvalue weighted by Crippen LogP contribution is 2.31. The minimum atomic E-state index is -4.36. The summed E-state index contributed by atoms with van der Waals surface area (Å²) in [5.41, 5.74) is 5.41. The number of rotatable bonds is 5. The molecule has 0 amide bonds. The lowest BCUT2D eigenvalue weighted by Gasteiger charge is -2.18. The number of carbonyl (C=O) groups is 1. The first kappa shape index (κ1) is 15.5. The van der Waals surface area contributed by atoms with Crippen LogP contribution in [0.1, 0.15) is 36.8 Å². The molecule has 0 fully saturated rings. The summed E-state index contributed by atoms with van der Waals surface area (Å²) in [7, 11) is 0. The molecule has 0 aromatic heterocycles. The standard InChI is InChI=1S/C13H16F3NO2/c1-2-8(7-11(17)12(18)19)9-3-5-10(6-4-9)13(14,15)16/h3-6,8,11H,2,7,17H2,1H3,(H,18,19). The lowest BCUT2D eigenvalue weighted by Crippen LogP contribution is -2.31. The maximum atomic E-state index is 12.4. The highest BCUT2D eigenvalue weighted by molar-refractivity contribution is 5.73. The van der Waals surface area contributed by atoms with Crippen molar-refractivity contribution in [2.75, 3.05) is 0 Å². The van der Waals surface area contributed by atoms with E-state index in [-0.39, 0.29) is 12.3 Å². The number of hydrogen-bond acceptors (Lipinski definition) is 2. The summed E-state index contributed by atoms with van der Waals surface area (Å²) < 4.78 is 37.3. The highest BCUT2D eigenvalue weighted by Gasteiger charge is 2.30. The first-order valence-corrected chi connectivity index (χ1v) is 5.91. The average Bonchev–Trinajstić information content (AvgIpc) is 2.34. The Kier molecular flexibility index (Phi) is 4.94. The maximum Gasteiger partial charge on any atom is 0.416 e. The molecule has 0 radical (unpaired) electrons. The van der Waals surface area contributed by atoms with Crippen LogP contribution in [0.3, 0.4) is 0 Å². The summed E-state index contributed by atoms with van der Waals surface area (Å²) >= 11 is 0. The van der Waals surface area contributed by atoms with Crippen molar-refractivity contribution in [2.45, 2.75) is 37.9 Å². The summed E-state index contributed by atoms with van der Waals surface area (Å²) in [5.74, 6) is -1.27. The second-order valence-electron chi connectivity index (χ2n) is 4.41. The number of hydrogen-bond donors (Lipinski definition) is 2. The fourth-order valence-corrected chi connectivity index (χ4v) is 1.89. The summed E-state index contributed by atoms with van der Waals surface area (Å²) in [5, 5.41) is 8.75. The Balaban J connectivity index is 2.85. The molecule has 0 bridgehead atoms. The molecule has 2 unspecified atom stereocenters. The molecule has 2 atom stereocenters. The van der Waals surface area contributed by atoms with Crippen LogP contribution in [0.15, 0.2) is 24.3 Å². The zero-order chi connectivity index (χ0) is 14.6. The smallest absolute Gasteiger partial charge is 0.416 e. The van der Waals surface area contributed by atoms with Crippen LogP contribution >= 0.6 is 0 Å². The van der Waals surface area contributed by atoms with Crippen LogP contribution in [0.2, 0.25) is 0 Å². The van der Waals surface area contributed by atoms with E-state index >= 15 is 0 Å². The Hall–Kier alpha value is -1.56. The topological polar surface area (TPSA) is 63.3 Å². The molecule has 106 valence electrons. The third kappa shape index (κ3) is 4.24. The van der Waals surface area contributed by atoms with Gasteiger partial charge in [-0.05, 0) is 36.5 Å². The fourth-order valence-electron chi connectivity index (χ4n) is 1.89. The minimum absolute atomic E-state index is 0.159. The van der Waals surface area contributed by atoms with Crippen molar-refractivity contribution < 1.29 is 23.1 Å². The Labute approximate surface area is 109 Å². The van der Waals surface area contributed by atoms with Crippen LogP contribution in [0.25, 0.3) is 0 Å². The molecule has 0 spiro atoms. The number of benzene rings is 1. The van der Waals surface area contributed by atoms with E-state index in [2.05, 4.69) is 0 Å². The molecule has 3 nitrogen and oxygen atoms in total. The summed E-state index contributed by atoms with van der Waals surface area (Å²) in [6.07, 6.45) is -3.54. The number of alkyl halides is 3. The molecule has 19 heavy (non-hydrogen) atoms. The van der Waals surface area contributed by atoms with Crippen molar-refractivity contribution in [3.63, 3.8) is 0 Å². The van der Waals surface area contributed by atoms with Gasteiger partial charge in [-0.2, -0.15) is 13.2 Å². The molecule has 3 N–H and O–H groups in total. The van der Waals surface area contributed by atoms with Gasteiger partial charge in [0.15, 0.2) is 0 Å². The third-order valence-corrected chi connectivity index (χ3v) is 3.06.